The number of nitrogens with zero attached hydrogens (tertiary/aromatic N) is 1. The minimum absolute atomic E-state index is 0.229. The highest BCUT2D eigenvalue weighted by Gasteiger charge is 2.16. The molecule has 1 heterocycles. The van der Waals surface area contributed by atoms with E-state index in [-0.39, 0.29) is 5.82 Å². The van der Waals surface area contributed by atoms with Crippen molar-refractivity contribution in [2.24, 2.45) is 7.05 Å². The van der Waals surface area contributed by atoms with E-state index in [4.69, 9.17) is 0 Å². The van der Waals surface area contributed by atoms with Crippen LogP contribution in [0.1, 0.15) is 19.5 Å². The van der Waals surface area contributed by atoms with Crippen molar-refractivity contribution in [2.45, 2.75) is 25.9 Å². The molecule has 0 radical (unpaired) electrons. The fourth-order valence-corrected chi connectivity index (χ4v) is 1.99. The van der Waals surface area contributed by atoms with Crippen LogP contribution in [0.4, 0.5) is 4.39 Å². The second-order valence-corrected chi connectivity index (χ2v) is 4.89. The highest BCUT2D eigenvalue weighted by Crippen LogP contribution is 2.22. The number of aliphatic hydroxyl groups is 1. The van der Waals surface area contributed by atoms with Gasteiger partial charge in [0.1, 0.15) is 5.82 Å². The van der Waals surface area contributed by atoms with E-state index < -0.39 is 5.60 Å². The van der Waals surface area contributed by atoms with Gasteiger partial charge >= 0.3 is 0 Å². The second kappa shape index (κ2) is 3.59. The summed E-state index contributed by atoms with van der Waals surface area (Å²) in [4.78, 5) is 0. The third kappa shape index (κ3) is 2.09. The van der Waals surface area contributed by atoms with Crippen LogP contribution in [-0.4, -0.2) is 15.3 Å². The fraction of sp³-hybridized carbons (Fsp3) is 0.385. The van der Waals surface area contributed by atoms with Gasteiger partial charge in [0.25, 0.3) is 0 Å². The largest absolute Gasteiger partial charge is 0.390 e. The number of aromatic nitrogens is 1. The van der Waals surface area contributed by atoms with Gasteiger partial charge in [0.15, 0.2) is 0 Å². The molecule has 2 aromatic rings. The maximum atomic E-state index is 13.1. The van der Waals surface area contributed by atoms with Crippen LogP contribution in [0.25, 0.3) is 10.9 Å². The van der Waals surface area contributed by atoms with Crippen LogP contribution in [0.3, 0.4) is 0 Å². The Morgan fingerprint density at radius 1 is 1.31 bits per heavy atom. The molecule has 0 aliphatic heterocycles. The van der Waals surface area contributed by atoms with E-state index in [0.29, 0.717) is 6.42 Å². The summed E-state index contributed by atoms with van der Waals surface area (Å²) in [6.45, 7) is 3.54. The van der Waals surface area contributed by atoms with Crippen LogP contribution in [-0.2, 0) is 13.5 Å². The zero-order valence-corrected chi connectivity index (χ0v) is 9.79. The van der Waals surface area contributed by atoms with Crippen LogP contribution in [0.2, 0.25) is 0 Å². The molecule has 0 spiro atoms. The number of aryl methyl sites for hydroxylation is 1. The maximum absolute atomic E-state index is 13.1. The molecule has 1 aromatic heterocycles. The van der Waals surface area contributed by atoms with Crippen molar-refractivity contribution >= 4 is 10.9 Å². The SMILES string of the molecule is Cn1c(CC(C)(C)O)cc2cc(F)ccc21. The predicted octanol–water partition coefficient (Wildman–Crippen LogP) is 2.63. The van der Waals surface area contributed by atoms with E-state index >= 15 is 0 Å². The van der Waals surface area contributed by atoms with Crippen molar-refractivity contribution in [3.8, 4) is 0 Å². The zero-order valence-electron chi connectivity index (χ0n) is 9.79. The molecule has 0 saturated heterocycles. The summed E-state index contributed by atoms with van der Waals surface area (Å²) in [6, 6.07) is 6.66. The molecule has 0 amide bonds. The molecular formula is C13H16FNO. The van der Waals surface area contributed by atoms with Gasteiger partial charge in [-0.3, -0.25) is 0 Å². The van der Waals surface area contributed by atoms with Crippen LogP contribution in [0.15, 0.2) is 24.3 Å². The Morgan fingerprint density at radius 2 is 2.00 bits per heavy atom. The number of hydrogen-bond acceptors (Lipinski definition) is 1. The first-order valence-corrected chi connectivity index (χ1v) is 5.33. The van der Waals surface area contributed by atoms with Crippen molar-refractivity contribution in [1.82, 2.24) is 4.57 Å². The molecule has 0 fully saturated rings. The van der Waals surface area contributed by atoms with Gasteiger partial charge in [-0.25, -0.2) is 4.39 Å². The Labute approximate surface area is 94.3 Å². The Kier molecular flexibility index (Phi) is 2.50. The van der Waals surface area contributed by atoms with Crippen molar-refractivity contribution in [3.63, 3.8) is 0 Å². The molecule has 0 saturated carbocycles. The molecule has 86 valence electrons. The monoisotopic (exact) mass is 221 g/mol. The third-order valence-electron chi connectivity index (χ3n) is 2.72. The zero-order chi connectivity index (χ0) is 11.9. The minimum atomic E-state index is -0.749. The van der Waals surface area contributed by atoms with Gasteiger partial charge in [0.2, 0.25) is 0 Å². The molecule has 0 atom stereocenters. The second-order valence-electron chi connectivity index (χ2n) is 4.89. The lowest BCUT2D eigenvalue weighted by atomic mass is 10.0. The molecule has 0 aliphatic rings. The van der Waals surface area contributed by atoms with Gasteiger partial charge < -0.3 is 9.67 Å². The van der Waals surface area contributed by atoms with E-state index in [1.54, 1.807) is 19.9 Å². The first-order valence-electron chi connectivity index (χ1n) is 5.33. The Morgan fingerprint density at radius 3 is 2.62 bits per heavy atom. The molecule has 16 heavy (non-hydrogen) atoms. The van der Waals surface area contributed by atoms with Gasteiger partial charge in [-0.05, 0) is 38.1 Å². The summed E-state index contributed by atoms with van der Waals surface area (Å²) in [7, 11) is 1.93. The van der Waals surface area contributed by atoms with Crippen LogP contribution in [0, 0.1) is 5.82 Å². The van der Waals surface area contributed by atoms with Crippen LogP contribution in [0.5, 0.6) is 0 Å². The van der Waals surface area contributed by atoms with Crippen LogP contribution < -0.4 is 0 Å². The smallest absolute Gasteiger partial charge is 0.123 e. The Bertz CT molecular complexity index is 522. The van der Waals surface area contributed by atoms with Crippen molar-refractivity contribution in [3.05, 3.63) is 35.8 Å². The van der Waals surface area contributed by atoms with Crippen molar-refractivity contribution in [2.75, 3.05) is 0 Å². The van der Waals surface area contributed by atoms with E-state index in [1.807, 2.05) is 17.7 Å². The van der Waals surface area contributed by atoms with Gasteiger partial charge in [-0.1, -0.05) is 0 Å². The molecule has 1 N–H and O–H groups in total. The third-order valence-corrected chi connectivity index (χ3v) is 2.72. The summed E-state index contributed by atoms with van der Waals surface area (Å²) in [5, 5.41) is 10.7. The summed E-state index contributed by atoms with van der Waals surface area (Å²) in [6.07, 6.45) is 0.555. The summed E-state index contributed by atoms with van der Waals surface area (Å²) in [5.74, 6) is -0.229. The van der Waals surface area contributed by atoms with E-state index in [9.17, 15) is 9.50 Å². The molecular weight excluding hydrogens is 205 g/mol. The highest BCUT2D eigenvalue weighted by atomic mass is 19.1. The summed E-state index contributed by atoms with van der Waals surface area (Å²) in [5.41, 5.74) is 1.24. The Hall–Kier alpha value is -1.35. The fourth-order valence-electron chi connectivity index (χ4n) is 1.99. The maximum Gasteiger partial charge on any atom is 0.123 e. The topological polar surface area (TPSA) is 25.2 Å². The van der Waals surface area contributed by atoms with Gasteiger partial charge in [-0.2, -0.15) is 0 Å². The lowest BCUT2D eigenvalue weighted by Gasteiger charge is -2.17. The number of hydrogen-bond donors (Lipinski definition) is 1. The predicted molar refractivity (Wildman–Crippen MR) is 62.9 cm³/mol. The van der Waals surface area contributed by atoms with E-state index in [2.05, 4.69) is 0 Å². The molecule has 0 bridgehead atoms. The summed E-state index contributed by atoms with van der Waals surface area (Å²) >= 11 is 0. The molecule has 2 rings (SSSR count). The lowest BCUT2D eigenvalue weighted by Crippen LogP contribution is -2.23. The average Bonchev–Trinajstić information content (AvgIpc) is 2.40. The van der Waals surface area contributed by atoms with Gasteiger partial charge in [0.05, 0.1) is 5.60 Å². The molecule has 1 aromatic carbocycles. The standard InChI is InChI=1S/C13H16FNO/c1-13(2,16)8-11-7-9-6-10(14)4-5-12(9)15(11)3/h4-7,16H,8H2,1-3H3. The quantitative estimate of drug-likeness (QED) is 0.828. The first kappa shape index (κ1) is 11.1. The van der Waals surface area contributed by atoms with Gasteiger partial charge in [-0.15, -0.1) is 0 Å². The summed E-state index contributed by atoms with van der Waals surface area (Å²) < 4.78 is 15.0. The molecule has 0 unspecified atom stereocenters. The molecule has 2 nitrogen and oxygen atoms in total. The minimum Gasteiger partial charge on any atom is -0.390 e. The highest BCUT2D eigenvalue weighted by molar-refractivity contribution is 5.81. The number of halogens is 1. The number of fused-ring (bicyclic) bond motifs is 1. The number of rotatable bonds is 2. The first-order chi connectivity index (χ1) is 7.37. The molecule has 3 heteroatoms. The average molecular weight is 221 g/mol. The van der Waals surface area contributed by atoms with E-state index in [1.165, 1.54) is 12.1 Å². The van der Waals surface area contributed by atoms with Crippen molar-refractivity contribution < 1.29 is 9.50 Å². The van der Waals surface area contributed by atoms with Gasteiger partial charge in [0, 0.05) is 30.1 Å². The normalized spacial score (nSPS) is 12.3. The lowest BCUT2D eigenvalue weighted by molar-refractivity contribution is 0.0793. The van der Waals surface area contributed by atoms with Crippen molar-refractivity contribution in [1.29, 1.82) is 0 Å². The molecule has 0 aliphatic carbocycles. The Balaban J connectivity index is 2.52. The van der Waals surface area contributed by atoms with Crippen LogP contribution >= 0.6 is 0 Å². The number of benzene rings is 1. The van der Waals surface area contributed by atoms with E-state index in [0.717, 1.165) is 16.6 Å².